The molecule has 11 aromatic carbocycles. The molecule has 0 unspecified atom stereocenters. The van der Waals surface area contributed by atoms with Crippen molar-refractivity contribution in [3.8, 4) is 61.3 Å². The van der Waals surface area contributed by atoms with Gasteiger partial charge >= 0.3 is 0 Å². The van der Waals surface area contributed by atoms with Crippen LogP contribution in [0.3, 0.4) is 0 Å². The number of para-hydroxylation sites is 6. The van der Waals surface area contributed by atoms with Crippen molar-refractivity contribution in [1.82, 2.24) is 4.57 Å². The largest absolute Gasteiger partial charge is 0.455 e. The summed E-state index contributed by atoms with van der Waals surface area (Å²) in [6, 6.07) is 96.0. The number of benzene rings is 11. The van der Waals surface area contributed by atoms with Gasteiger partial charge in [0.1, 0.15) is 11.2 Å². The predicted octanol–water partition coefficient (Wildman–Crippen LogP) is 18.5. The molecule has 0 spiro atoms. The third kappa shape index (κ3) is 6.99. The summed E-state index contributed by atoms with van der Waals surface area (Å²) in [5.41, 5.74) is 20.1. The Kier molecular flexibility index (Phi) is 9.84. The molecule has 0 saturated carbocycles. The van der Waals surface area contributed by atoms with Crippen molar-refractivity contribution in [3.05, 3.63) is 267 Å². The second-order valence-corrected chi connectivity index (χ2v) is 17.6. The van der Waals surface area contributed by atoms with E-state index in [1.165, 1.54) is 49.6 Å². The lowest BCUT2D eigenvalue weighted by molar-refractivity contribution is 0.670. The fourth-order valence-corrected chi connectivity index (χ4v) is 10.4. The molecule has 0 aliphatic carbocycles. The van der Waals surface area contributed by atoms with Crippen molar-refractivity contribution >= 4 is 60.8 Å². The Morgan fingerprint density at radius 2 is 0.725 bits per heavy atom. The van der Waals surface area contributed by atoms with Gasteiger partial charge in [-0.05, 0) is 93.5 Å². The van der Waals surface area contributed by atoms with E-state index in [9.17, 15) is 0 Å². The zero-order valence-electron chi connectivity index (χ0n) is 37.7. The number of furan rings is 1. The minimum Gasteiger partial charge on any atom is -0.455 e. The Bertz CT molecular complexity index is 3940. The quantitative estimate of drug-likeness (QED) is 0.144. The Labute approximate surface area is 401 Å². The van der Waals surface area contributed by atoms with Crippen LogP contribution in [0.1, 0.15) is 0 Å². The van der Waals surface area contributed by atoms with E-state index >= 15 is 0 Å². The average molecular weight is 881 g/mol. The van der Waals surface area contributed by atoms with E-state index in [0.29, 0.717) is 0 Å². The van der Waals surface area contributed by atoms with Crippen LogP contribution in [-0.4, -0.2) is 4.57 Å². The van der Waals surface area contributed by atoms with Gasteiger partial charge in [-0.2, -0.15) is 0 Å². The maximum Gasteiger partial charge on any atom is 0.143 e. The maximum atomic E-state index is 6.49. The molecule has 0 fully saturated rings. The first-order chi connectivity index (χ1) is 34.2. The number of nitrogens with zero attached hydrogens (tertiary/aromatic N) is 2. The van der Waals surface area contributed by atoms with Gasteiger partial charge in [0.05, 0.1) is 22.4 Å². The summed E-state index contributed by atoms with van der Waals surface area (Å²) in [7, 11) is 0. The summed E-state index contributed by atoms with van der Waals surface area (Å²) < 4.78 is 8.91. The molecule has 0 aliphatic heterocycles. The smallest absolute Gasteiger partial charge is 0.143 e. The molecule has 324 valence electrons. The van der Waals surface area contributed by atoms with Gasteiger partial charge in [0, 0.05) is 49.6 Å². The second kappa shape index (κ2) is 16.9. The van der Waals surface area contributed by atoms with Gasteiger partial charge in [0.15, 0.2) is 0 Å². The highest BCUT2D eigenvalue weighted by Gasteiger charge is 2.21. The van der Waals surface area contributed by atoms with Crippen LogP contribution in [-0.2, 0) is 0 Å². The van der Waals surface area contributed by atoms with Gasteiger partial charge < -0.3 is 13.9 Å². The number of anilines is 3. The summed E-state index contributed by atoms with van der Waals surface area (Å²) in [4.78, 5) is 2.39. The fraction of sp³-hybridized carbons (Fsp3) is 0. The Hall–Kier alpha value is -9.18. The SMILES string of the molecule is c1ccc(-c2ccc(-c3ccccc3N(c3ccc(-c4ccccc4-c4ccccc4-n4c5ccccc5c5ccccc54)cc3)c3ccc(-c4cccc5c4oc4ccccc45)cc3)cc2)cc1. The van der Waals surface area contributed by atoms with Crippen LogP contribution >= 0.6 is 0 Å². The fourth-order valence-electron chi connectivity index (χ4n) is 10.4. The third-order valence-corrected chi connectivity index (χ3v) is 13.7. The molecule has 0 atom stereocenters. The Morgan fingerprint density at radius 3 is 1.42 bits per heavy atom. The van der Waals surface area contributed by atoms with E-state index in [2.05, 4.69) is 264 Å². The molecule has 0 N–H and O–H groups in total. The molecule has 2 aromatic heterocycles. The van der Waals surface area contributed by atoms with E-state index in [-0.39, 0.29) is 0 Å². The van der Waals surface area contributed by atoms with Crippen molar-refractivity contribution < 1.29 is 4.42 Å². The lowest BCUT2D eigenvalue weighted by Crippen LogP contribution is -2.11. The third-order valence-electron chi connectivity index (χ3n) is 13.7. The highest BCUT2D eigenvalue weighted by molar-refractivity contribution is 6.11. The van der Waals surface area contributed by atoms with Crippen molar-refractivity contribution in [2.75, 3.05) is 4.90 Å². The maximum absolute atomic E-state index is 6.49. The number of rotatable bonds is 9. The monoisotopic (exact) mass is 880 g/mol. The van der Waals surface area contributed by atoms with Crippen LogP contribution in [0.2, 0.25) is 0 Å². The molecule has 0 radical (unpaired) electrons. The van der Waals surface area contributed by atoms with Crippen molar-refractivity contribution in [3.63, 3.8) is 0 Å². The van der Waals surface area contributed by atoms with Crippen LogP contribution in [0, 0.1) is 0 Å². The molecule has 0 saturated heterocycles. The van der Waals surface area contributed by atoms with E-state index in [1.807, 2.05) is 12.1 Å². The summed E-state index contributed by atoms with van der Waals surface area (Å²) in [6.07, 6.45) is 0. The van der Waals surface area contributed by atoms with Crippen molar-refractivity contribution in [2.45, 2.75) is 0 Å². The first-order valence-electron chi connectivity index (χ1n) is 23.6. The van der Waals surface area contributed by atoms with Gasteiger partial charge in [-0.25, -0.2) is 0 Å². The molecule has 3 heteroatoms. The first kappa shape index (κ1) is 40.1. The summed E-state index contributed by atoms with van der Waals surface area (Å²) in [5.74, 6) is 0. The Balaban J connectivity index is 0.922. The standard InChI is InChI=1S/C66H44N2O/c1-2-17-45(18-3-1)46-33-35-48(36-34-46)53-20-6-11-28-61(53)67(51-43-39-49(40-44-51)54-26-16-27-60-59-25-10-15-32-65(59)69-66(54)60)50-41-37-47(38-42-50)52-19-4-5-21-55(52)56-22-7-12-29-62(56)68-63-30-13-8-23-57(63)58-24-9-14-31-64(58)68/h1-44H. The molecular formula is C66H44N2O. The highest BCUT2D eigenvalue weighted by Crippen LogP contribution is 2.45. The average Bonchev–Trinajstić information content (AvgIpc) is 3.98. The molecular weight excluding hydrogens is 837 g/mol. The van der Waals surface area contributed by atoms with Crippen LogP contribution in [0.5, 0.6) is 0 Å². The zero-order valence-corrected chi connectivity index (χ0v) is 37.7. The van der Waals surface area contributed by atoms with Gasteiger partial charge in [0.2, 0.25) is 0 Å². The Morgan fingerprint density at radius 1 is 0.275 bits per heavy atom. The van der Waals surface area contributed by atoms with Crippen LogP contribution in [0.15, 0.2) is 271 Å². The number of aromatic nitrogens is 1. The summed E-state index contributed by atoms with van der Waals surface area (Å²) in [5, 5.41) is 4.75. The van der Waals surface area contributed by atoms with E-state index in [1.54, 1.807) is 0 Å². The molecule has 13 rings (SSSR count). The first-order valence-corrected chi connectivity index (χ1v) is 23.6. The second-order valence-electron chi connectivity index (χ2n) is 17.6. The minimum absolute atomic E-state index is 0.898. The summed E-state index contributed by atoms with van der Waals surface area (Å²) >= 11 is 0. The van der Waals surface area contributed by atoms with Crippen molar-refractivity contribution in [1.29, 1.82) is 0 Å². The summed E-state index contributed by atoms with van der Waals surface area (Å²) in [6.45, 7) is 0. The van der Waals surface area contributed by atoms with E-state index in [4.69, 9.17) is 4.42 Å². The number of fused-ring (bicyclic) bond motifs is 6. The van der Waals surface area contributed by atoms with Crippen molar-refractivity contribution in [2.24, 2.45) is 0 Å². The van der Waals surface area contributed by atoms with E-state index in [0.717, 1.165) is 72.5 Å². The van der Waals surface area contributed by atoms with Crippen LogP contribution < -0.4 is 4.90 Å². The minimum atomic E-state index is 0.898. The molecule has 2 heterocycles. The molecule has 69 heavy (non-hydrogen) atoms. The molecule has 0 bridgehead atoms. The predicted molar refractivity (Wildman–Crippen MR) is 290 cm³/mol. The van der Waals surface area contributed by atoms with Gasteiger partial charge in [0.25, 0.3) is 0 Å². The zero-order chi connectivity index (χ0) is 45.7. The molecule has 3 nitrogen and oxygen atoms in total. The highest BCUT2D eigenvalue weighted by atomic mass is 16.3. The lowest BCUT2D eigenvalue weighted by Gasteiger charge is -2.28. The normalized spacial score (nSPS) is 11.5. The lowest BCUT2D eigenvalue weighted by atomic mass is 9.93. The molecule has 0 amide bonds. The van der Waals surface area contributed by atoms with Gasteiger partial charge in [-0.1, -0.05) is 212 Å². The van der Waals surface area contributed by atoms with Crippen LogP contribution in [0.4, 0.5) is 17.1 Å². The van der Waals surface area contributed by atoms with E-state index < -0.39 is 0 Å². The van der Waals surface area contributed by atoms with Crippen LogP contribution in [0.25, 0.3) is 105 Å². The molecule has 0 aliphatic rings. The van der Waals surface area contributed by atoms with Gasteiger partial charge in [-0.15, -0.1) is 0 Å². The number of hydrogen-bond donors (Lipinski definition) is 0. The number of hydrogen-bond acceptors (Lipinski definition) is 2. The topological polar surface area (TPSA) is 21.3 Å². The molecule has 13 aromatic rings. The van der Waals surface area contributed by atoms with Gasteiger partial charge in [-0.3, -0.25) is 0 Å².